The minimum atomic E-state index is -0.221. The number of amides is 1. The van der Waals surface area contributed by atoms with Gasteiger partial charge in [0.15, 0.2) is 0 Å². The molecule has 2 unspecified atom stereocenters. The highest BCUT2D eigenvalue weighted by atomic mass is 16.1. The van der Waals surface area contributed by atoms with E-state index in [9.17, 15) is 4.79 Å². The molecule has 1 amide bonds. The van der Waals surface area contributed by atoms with Gasteiger partial charge in [0.05, 0.1) is 5.92 Å². The molecule has 1 aliphatic rings. The molecule has 76 valence electrons. The summed E-state index contributed by atoms with van der Waals surface area (Å²) in [7, 11) is 0. The zero-order valence-corrected chi connectivity index (χ0v) is 8.33. The van der Waals surface area contributed by atoms with Crippen molar-refractivity contribution in [2.24, 2.45) is 29.2 Å². The number of nitrogens with two attached hydrogens (primary N) is 2. The van der Waals surface area contributed by atoms with Crippen molar-refractivity contribution in [3.63, 3.8) is 0 Å². The van der Waals surface area contributed by atoms with Gasteiger partial charge in [0.1, 0.15) is 0 Å². The maximum absolute atomic E-state index is 11.1. The lowest BCUT2D eigenvalue weighted by Crippen LogP contribution is -2.37. The highest BCUT2D eigenvalue weighted by Gasteiger charge is 2.28. The molecular weight excluding hydrogens is 164 g/mol. The molecule has 1 saturated carbocycles. The van der Waals surface area contributed by atoms with Crippen LogP contribution in [0.15, 0.2) is 0 Å². The second-order valence-electron chi connectivity index (χ2n) is 4.28. The first-order valence-electron chi connectivity index (χ1n) is 5.14. The topological polar surface area (TPSA) is 69.1 Å². The van der Waals surface area contributed by atoms with Crippen LogP contribution in [0.5, 0.6) is 0 Å². The van der Waals surface area contributed by atoms with E-state index in [0.29, 0.717) is 12.5 Å². The average Bonchev–Trinajstić information content (AvgIpc) is 2.04. The summed E-state index contributed by atoms with van der Waals surface area (Å²) in [5.74, 6) is 0.850. The SMILES string of the molecule is C[C@H]1CCCC(C(CN)C(N)=O)C1. The molecule has 13 heavy (non-hydrogen) atoms. The van der Waals surface area contributed by atoms with Crippen molar-refractivity contribution in [2.75, 3.05) is 6.54 Å². The zero-order valence-electron chi connectivity index (χ0n) is 8.33. The van der Waals surface area contributed by atoms with Crippen LogP contribution in [-0.2, 0) is 4.79 Å². The largest absolute Gasteiger partial charge is 0.369 e. The Labute approximate surface area is 79.9 Å². The van der Waals surface area contributed by atoms with Gasteiger partial charge in [-0.25, -0.2) is 0 Å². The molecule has 1 fully saturated rings. The van der Waals surface area contributed by atoms with E-state index in [4.69, 9.17) is 11.5 Å². The van der Waals surface area contributed by atoms with Gasteiger partial charge in [-0.05, 0) is 24.7 Å². The second-order valence-corrected chi connectivity index (χ2v) is 4.28. The van der Waals surface area contributed by atoms with E-state index in [2.05, 4.69) is 6.92 Å². The van der Waals surface area contributed by atoms with Gasteiger partial charge in [0, 0.05) is 6.54 Å². The van der Waals surface area contributed by atoms with E-state index < -0.39 is 0 Å². The Morgan fingerprint density at radius 3 is 2.69 bits per heavy atom. The number of hydrogen-bond donors (Lipinski definition) is 2. The second kappa shape index (κ2) is 4.61. The molecule has 3 atom stereocenters. The lowest BCUT2D eigenvalue weighted by Gasteiger charge is -2.30. The molecule has 0 heterocycles. The van der Waals surface area contributed by atoms with Gasteiger partial charge in [0.25, 0.3) is 0 Å². The molecule has 0 saturated heterocycles. The van der Waals surface area contributed by atoms with E-state index in [1.165, 1.54) is 12.8 Å². The van der Waals surface area contributed by atoms with Gasteiger partial charge < -0.3 is 11.5 Å². The molecule has 0 spiro atoms. The third kappa shape index (κ3) is 2.69. The highest BCUT2D eigenvalue weighted by molar-refractivity contribution is 5.77. The summed E-state index contributed by atoms with van der Waals surface area (Å²) in [6, 6.07) is 0. The van der Waals surface area contributed by atoms with Crippen LogP contribution in [0.3, 0.4) is 0 Å². The first kappa shape index (κ1) is 10.5. The molecule has 0 aromatic heterocycles. The quantitative estimate of drug-likeness (QED) is 0.683. The van der Waals surface area contributed by atoms with E-state index >= 15 is 0 Å². The van der Waals surface area contributed by atoms with E-state index in [0.717, 1.165) is 18.8 Å². The Morgan fingerprint density at radius 2 is 2.23 bits per heavy atom. The van der Waals surface area contributed by atoms with Crippen molar-refractivity contribution in [3.8, 4) is 0 Å². The van der Waals surface area contributed by atoms with E-state index in [1.54, 1.807) is 0 Å². The Morgan fingerprint density at radius 1 is 1.54 bits per heavy atom. The van der Waals surface area contributed by atoms with Gasteiger partial charge >= 0.3 is 0 Å². The minimum Gasteiger partial charge on any atom is -0.369 e. The summed E-state index contributed by atoms with van der Waals surface area (Å²) in [5, 5.41) is 0. The standard InChI is InChI=1S/C10H20N2O/c1-7-3-2-4-8(5-7)9(6-11)10(12)13/h7-9H,2-6,11H2,1H3,(H2,12,13)/t7-,8?,9?/m0/s1. The predicted octanol–water partition coefficient (Wildman–Crippen LogP) is 0.873. The van der Waals surface area contributed by atoms with Crippen molar-refractivity contribution >= 4 is 5.91 Å². The Bertz CT molecular complexity index is 182. The lowest BCUT2D eigenvalue weighted by atomic mass is 9.75. The number of carbonyl (C=O) groups is 1. The first-order valence-corrected chi connectivity index (χ1v) is 5.14. The summed E-state index contributed by atoms with van der Waals surface area (Å²) in [4.78, 5) is 11.1. The molecule has 0 bridgehead atoms. The van der Waals surface area contributed by atoms with Gasteiger partial charge in [-0.1, -0.05) is 19.8 Å². The minimum absolute atomic E-state index is 0.0947. The van der Waals surface area contributed by atoms with E-state index in [-0.39, 0.29) is 11.8 Å². The van der Waals surface area contributed by atoms with Gasteiger partial charge in [0.2, 0.25) is 5.91 Å². The molecule has 3 nitrogen and oxygen atoms in total. The van der Waals surface area contributed by atoms with Crippen molar-refractivity contribution in [1.82, 2.24) is 0 Å². The maximum atomic E-state index is 11.1. The average molecular weight is 184 g/mol. The number of hydrogen-bond acceptors (Lipinski definition) is 2. The first-order chi connectivity index (χ1) is 6.15. The molecule has 0 aromatic rings. The molecule has 0 aliphatic heterocycles. The third-order valence-electron chi connectivity index (χ3n) is 3.17. The fraction of sp³-hybridized carbons (Fsp3) is 0.900. The number of primary amides is 1. The molecule has 0 radical (unpaired) electrons. The molecule has 4 N–H and O–H groups in total. The predicted molar refractivity (Wildman–Crippen MR) is 52.9 cm³/mol. The molecule has 0 aromatic carbocycles. The van der Waals surface area contributed by atoms with Crippen molar-refractivity contribution in [3.05, 3.63) is 0 Å². The van der Waals surface area contributed by atoms with Crippen LogP contribution in [0.4, 0.5) is 0 Å². The van der Waals surface area contributed by atoms with Crippen molar-refractivity contribution in [1.29, 1.82) is 0 Å². The molecular formula is C10H20N2O. The number of carbonyl (C=O) groups excluding carboxylic acids is 1. The Balaban J connectivity index is 2.52. The van der Waals surface area contributed by atoms with Gasteiger partial charge in [-0.2, -0.15) is 0 Å². The summed E-state index contributed by atoms with van der Waals surface area (Å²) in [6.45, 7) is 2.65. The van der Waals surface area contributed by atoms with Crippen LogP contribution in [0.25, 0.3) is 0 Å². The molecule has 1 rings (SSSR count). The van der Waals surface area contributed by atoms with Crippen LogP contribution in [0.2, 0.25) is 0 Å². The van der Waals surface area contributed by atoms with Crippen LogP contribution in [-0.4, -0.2) is 12.5 Å². The normalized spacial score (nSPS) is 31.2. The van der Waals surface area contributed by atoms with Gasteiger partial charge in [-0.15, -0.1) is 0 Å². The fourth-order valence-electron chi connectivity index (χ4n) is 2.39. The lowest BCUT2D eigenvalue weighted by molar-refractivity contribution is -0.123. The highest BCUT2D eigenvalue weighted by Crippen LogP contribution is 2.33. The van der Waals surface area contributed by atoms with Crippen molar-refractivity contribution in [2.45, 2.75) is 32.6 Å². The smallest absolute Gasteiger partial charge is 0.222 e. The summed E-state index contributed by atoms with van der Waals surface area (Å²) >= 11 is 0. The van der Waals surface area contributed by atoms with Crippen molar-refractivity contribution < 1.29 is 4.79 Å². The fourth-order valence-corrected chi connectivity index (χ4v) is 2.39. The molecule has 1 aliphatic carbocycles. The van der Waals surface area contributed by atoms with Crippen LogP contribution in [0.1, 0.15) is 32.6 Å². The summed E-state index contributed by atoms with van der Waals surface area (Å²) < 4.78 is 0. The van der Waals surface area contributed by atoms with Crippen LogP contribution >= 0.6 is 0 Å². The van der Waals surface area contributed by atoms with Crippen LogP contribution < -0.4 is 11.5 Å². The summed E-state index contributed by atoms with van der Waals surface area (Å²) in [6.07, 6.45) is 4.74. The number of rotatable bonds is 3. The van der Waals surface area contributed by atoms with Gasteiger partial charge in [-0.3, -0.25) is 4.79 Å². The van der Waals surface area contributed by atoms with Crippen LogP contribution in [0, 0.1) is 17.8 Å². The zero-order chi connectivity index (χ0) is 9.84. The molecule has 3 heteroatoms. The Kier molecular flexibility index (Phi) is 3.72. The van der Waals surface area contributed by atoms with E-state index in [1.807, 2.05) is 0 Å². The summed E-state index contributed by atoms with van der Waals surface area (Å²) in [5.41, 5.74) is 10.9. The third-order valence-corrected chi connectivity index (χ3v) is 3.17. The monoisotopic (exact) mass is 184 g/mol. The Hall–Kier alpha value is -0.570. The maximum Gasteiger partial charge on any atom is 0.222 e.